The second kappa shape index (κ2) is 12.1. The first-order chi connectivity index (χ1) is 19.0. The minimum atomic E-state index is -0.213. The maximum absolute atomic E-state index is 13.1. The molecule has 0 bridgehead atoms. The molecule has 1 amide bonds. The van der Waals surface area contributed by atoms with Crippen LogP contribution >= 0.6 is 23.2 Å². The van der Waals surface area contributed by atoms with Gasteiger partial charge in [-0.15, -0.1) is 0 Å². The summed E-state index contributed by atoms with van der Waals surface area (Å²) in [5.74, 6) is 1.09. The summed E-state index contributed by atoms with van der Waals surface area (Å²) < 4.78 is 17.5. The zero-order valence-corrected chi connectivity index (χ0v) is 23.0. The molecule has 1 fully saturated rings. The summed E-state index contributed by atoms with van der Waals surface area (Å²) >= 11 is 12.6. The molecule has 0 saturated carbocycles. The molecule has 1 unspecified atom stereocenters. The van der Waals surface area contributed by atoms with Gasteiger partial charge in [-0.1, -0.05) is 53.5 Å². The fourth-order valence-electron chi connectivity index (χ4n) is 4.80. The smallest absolute Gasteiger partial charge is 0.256 e. The summed E-state index contributed by atoms with van der Waals surface area (Å²) in [7, 11) is 1.55. The zero-order chi connectivity index (χ0) is 27.4. The van der Waals surface area contributed by atoms with E-state index in [4.69, 9.17) is 37.4 Å². The molecule has 0 spiro atoms. The van der Waals surface area contributed by atoms with Crippen LogP contribution in [0.2, 0.25) is 10.0 Å². The molecule has 2 heterocycles. The van der Waals surface area contributed by atoms with Gasteiger partial charge in [-0.2, -0.15) is 0 Å². The lowest BCUT2D eigenvalue weighted by Gasteiger charge is -2.20. The molecule has 2 aliphatic rings. The van der Waals surface area contributed by atoms with E-state index in [-0.39, 0.29) is 22.8 Å². The number of hydrogen-bond acceptors (Lipinski definition) is 6. The zero-order valence-electron chi connectivity index (χ0n) is 21.5. The van der Waals surface area contributed by atoms with Crippen molar-refractivity contribution in [2.24, 2.45) is 4.99 Å². The molecule has 3 aromatic rings. The third-order valence-corrected chi connectivity index (χ3v) is 7.29. The molecule has 0 aliphatic carbocycles. The molecule has 2 aliphatic heterocycles. The highest BCUT2D eigenvalue weighted by Crippen LogP contribution is 2.38. The summed E-state index contributed by atoms with van der Waals surface area (Å²) in [4.78, 5) is 32.5. The summed E-state index contributed by atoms with van der Waals surface area (Å²) in [6, 6.07) is 15.6. The average Bonchev–Trinajstić information content (AvgIpc) is 3.38. The van der Waals surface area contributed by atoms with Crippen LogP contribution in [0.25, 0.3) is 0 Å². The summed E-state index contributed by atoms with van der Waals surface area (Å²) in [5, 5.41) is 0.643. The Labute approximate surface area is 237 Å². The molecular formula is C30H28Cl2N2O5. The first-order valence-corrected chi connectivity index (χ1v) is 13.6. The van der Waals surface area contributed by atoms with Crippen molar-refractivity contribution >= 4 is 46.8 Å². The van der Waals surface area contributed by atoms with Gasteiger partial charge in [-0.3, -0.25) is 14.6 Å². The highest BCUT2D eigenvalue weighted by molar-refractivity contribution is 6.36. The number of benzene rings is 3. The summed E-state index contributed by atoms with van der Waals surface area (Å²) in [6.45, 7) is 1.47. The van der Waals surface area contributed by atoms with Gasteiger partial charge in [0.1, 0.15) is 5.75 Å². The molecule has 202 valence electrons. The Bertz CT molecular complexity index is 1410. The number of ketones is 1. The normalized spacial score (nSPS) is 15.9. The molecule has 0 N–H and O–H groups in total. The van der Waals surface area contributed by atoms with Crippen LogP contribution in [-0.4, -0.2) is 55.7 Å². The van der Waals surface area contributed by atoms with Crippen LogP contribution in [0.3, 0.4) is 0 Å². The van der Waals surface area contributed by atoms with Crippen LogP contribution in [0.4, 0.5) is 5.69 Å². The molecule has 0 aromatic heterocycles. The van der Waals surface area contributed by atoms with Crippen LogP contribution < -0.4 is 14.2 Å². The molecule has 1 atom stereocenters. The predicted molar refractivity (Wildman–Crippen MR) is 152 cm³/mol. The second-order valence-corrected chi connectivity index (χ2v) is 10.2. The van der Waals surface area contributed by atoms with Crippen molar-refractivity contribution in [3.63, 3.8) is 0 Å². The molecule has 7 nitrogen and oxygen atoms in total. The van der Waals surface area contributed by atoms with Crippen LogP contribution in [0.1, 0.15) is 52.0 Å². The fraction of sp³-hybridized carbons (Fsp3) is 0.300. The van der Waals surface area contributed by atoms with Crippen molar-refractivity contribution in [2.75, 3.05) is 26.9 Å². The van der Waals surface area contributed by atoms with Gasteiger partial charge >= 0.3 is 0 Å². The highest BCUT2D eigenvalue weighted by Gasteiger charge is 2.32. The van der Waals surface area contributed by atoms with Crippen LogP contribution in [0, 0.1) is 0 Å². The number of nitrogens with zero attached hydrogens (tertiary/aromatic N) is 2. The second-order valence-electron chi connectivity index (χ2n) is 9.37. The third-order valence-electron chi connectivity index (χ3n) is 6.79. The molecule has 1 saturated heterocycles. The van der Waals surface area contributed by atoms with E-state index in [1.807, 2.05) is 17.2 Å². The summed E-state index contributed by atoms with van der Waals surface area (Å²) in [6.07, 6.45) is 5.08. The molecule has 39 heavy (non-hydrogen) atoms. The molecule has 9 heteroatoms. The van der Waals surface area contributed by atoms with Gasteiger partial charge in [-0.25, -0.2) is 0 Å². The lowest BCUT2D eigenvalue weighted by molar-refractivity contribution is 0.0774. The van der Waals surface area contributed by atoms with Gasteiger partial charge in [0.15, 0.2) is 17.3 Å². The van der Waals surface area contributed by atoms with E-state index in [0.29, 0.717) is 70.7 Å². The van der Waals surface area contributed by atoms with Crippen molar-refractivity contribution in [1.82, 2.24) is 4.90 Å². The first kappa shape index (κ1) is 27.0. The first-order valence-electron chi connectivity index (χ1n) is 12.9. The number of fused-ring (bicyclic) bond motifs is 2. The largest absolute Gasteiger partial charge is 0.493 e. The van der Waals surface area contributed by atoms with Gasteiger partial charge in [0.25, 0.3) is 5.91 Å². The predicted octanol–water partition coefficient (Wildman–Crippen LogP) is 6.79. The minimum absolute atomic E-state index is 0.0297. The Morgan fingerprint density at radius 2 is 1.79 bits per heavy atom. The molecular weight excluding hydrogens is 539 g/mol. The van der Waals surface area contributed by atoms with Gasteiger partial charge in [0.2, 0.25) is 0 Å². The molecule has 3 aromatic carbocycles. The molecule has 0 radical (unpaired) electrons. The fourth-order valence-corrected chi connectivity index (χ4v) is 5.35. The molecule has 5 rings (SSSR count). The standard InChI is InChI=1S/C30H28Cl2N2O5/c1-37-26-16-22-25(33-18-21-10-7-11-34(21)30(22)36)17-27(26)38-12-5-6-13-39-29-23(14-20(31)15-24(29)32)28(35)19-8-3-2-4-9-19/h2-4,8-9,14-18,21H,5-7,10-13H2,1H3. The number of hydrogen-bond donors (Lipinski definition) is 0. The topological polar surface area (TPSA) is 77.4 Å². The Balaban J connectivity index is 1.20. The van der Waals surface area contributed by atoms with E-state index in [2.05, 4.69) is 4.99 Å². The van der Waals surface area contributed by atoms with Crippen molar-refractivity contribution in [3.8, 4) is 17.2 Å². The van der Waals surface area contributed by atoms with Gasteiger partial charge < -0.3 is 19.1 Å². The van der Waals surface area contributed by atoms with E-state index < -0.39 is 0 Å². The number of halogens is 2. The van der Waals surface area contributed by atoms with Crippen molar-refractivity contribution in [2.45, 2.75) is 31.7 Å². The number of unbranched alkanes of at least 4 members (excludes halogenated alkanes) is 1. The Morgan fingerprint density at radius 3 is 2.56 bits per heavy atom. The number of carbonyl (C=O) groups excluding carboxylic acids is 2. The Kier molecular flexibility index (Phi) is 8.38. The monoisotopic (exact) mass is 566 g/mol. The number of methoxy groups -OCH3 is 1. The third kappa shape index (κ3) is 5.89. The van der Waals surface area contributed by atoms with Crippen LogP contribution in [0.15, 0.2) is 59.6 Å². The van der Waals surface area contributed by atoms with E-state index >= 15 is 0 Å². The number of rotatable bonds is 10. The van der Waals surface area contributed by atoms with Gasteiger partial charge in [-0.05, 0) is 43.9 Å². The number of aliphatic imine (C=N–C) groups is 1. The van der Waals surface area contributed by atoms with E-state index in [0.717, 1.165) is 19.4 Å². The maximum Gasteiger partial charge on any atom is 0.256 e. The van der Waals surface area contributed by atoms with Crippen molar-refractivity contribution in [1.29, 1.82) is 0 Å². The van der Waals surface area contributed by atoms with E-state index in [1.165, 1.54) is 0 Å². The van der Waals surface area contributed by atoms with Gasteiger partial charge in [0, 0.05) is 29.4 Å². The Hall–Kier alpha value is -3.55. The lowest BCUT2D eigenvalue weighted by Crippen LogP contribution is -2.35. The SMILES string of the molecule is COc1cc2c(cc1OCCCCOc1c(Cl)cc(Cl)cc1C(=O)c1ccccc1)N=CC1CCCN1C2=O. The number of amides is 1. The lowest BCUT2D eigenvalue weighted by atomic mass is 10.0. The van der Waals surface area contributed by atoms with Crippen molar-refractivity contribution < 1.29 is 23.8 Å². The maximum atomic E-state index is 13.1. The number of carbonyl (C=O) groups is 2. The Morgan fingerprint density at radius 1 is 1.03 bits per heavy atom. The van der Waals surface area contributed by atoms with E-state index in [1.54, 1.807) is 55.6 Å². The van der Waals surface area contributed by atoms with Crippen LogP contribution in [-0.2, 0) is 0 Å². The van der Waals surface area contributed by atoms with Crippen LogP contribution in [0.5, 0.6) is 17.2 Å². The van der Waals surface area contributed by atoms with E-state index in [9.17, 15) is 9.59 Å². The van der Waals surface area contributed by atoms with Crippen molar-refractivity contribution in [3.05, 3.63) is 81.3 Å². The quantitative estimate of drug-likeness (QED) is 0.199. The average molecular weight is 567 g/mol. The highest BCUT2D eigenvalue weighted by atomic mass is 35.5. The summed E-state index contributed by atoms with van der Waals surface area (Å²) in [5.41, 5.74) is 1.95. The minimum Gasteiger partial charge on any atom is -0.493 e. The number of ether oxygens (including phenoxy) is 3. The van der Waals surface area contributed by atoms with Gasteiger partial charge in [0.05, 0.1) is 48.2 Å².